The normalized spacial score (nSPS) is 12.4. The summed E-state index contributed by atoms with van der Waals surface area (Å²) in [7, 11) is 2.07. The topological polar surface area (TPSA) is 26.2 Å². The quantitative estimate of drug-likeness (QED) is 0.299. The van der Waals surface area contributed by atoms with Gasteiger partial charge in [-0.25, -0.2) is 4.57 Å². The first-order valence-corrected chi connectivity index (χ1v) is 11.4. The molecule has 0 saturated heterocycles. The summed E-state index contributed by atoms with van der Waals surface area (Å²) in [6.45, 7) is 6.58. The number of hydrogen-bond acceptors (Lipinski definition) is 2. The maximum atomic E-state index is 6.56. The molecule has 3 heterocycles. The second-order valence-corrected chi connectivity index (χ2v) is 9.01. The SMILES string of the molecule is Cc1cccc(C)c1B1c2ccccc2Oc2oc3c(-c4cccc[n+]4C)c(C)ccc3c21. The summed E-state index contributed by atoms with van der Waals surface area (Å²) in [5, 5.41) is 1.11. The van der Waals surface area contributed by atoms with Gasteiger partial charge in [-0.2, -0.15) is 0 Å². The number of furan rings is 1. The average molecular weight is 430 g/mol. The highest BCUT2D eigenvalue weighted by molar-refractivity contribution is 6.98. The fourth-order valence-corrected chi connectivity index (χ4v) is 5.36. The van der Waals surface area contributed by atoms with E-state index >= 15 is 0 Å². The van der Waals surface area contributed by atoms with Crippen molar-refractivity contribution in [1.29, 1.82) is 0 Å². The van der Waals surface area contributed by atoms with Crippen LogP contribution in [-0.2, 0) is 7.05 Å². The van der Waals surface area contributed by atoms with Crippen molar-refractivity contribution in [2.24, 2.45) is 7.05 Å². The number of fused-ring (bicyclic) bond motifs is 4. The van der Waals surface area contributed by atoms with Crippen LogP contribution in [0.2, 0.25) is 0 Å². The van der Waals surface area contributed by atoms with Crippen molar-refractivity contribution in [2.45, 2.75) is 20.8 Å². The third-order valence-electron chi connectivity index (χ3n) is 6.93. The lowest BCUT2D eigenvalue weighted by Gasteiger charge is -2.25. The summed E-state index contributed by atoms with van der Waals surface area (Å²) >= 11 is 0. The van der Waals surface area contributed by atoms with Crippen LogP contribution in [0.1, 0.15) is 16.7 Å². The Morgan fingerprint density at radius 2 is 1.48 bits per heavy atom. The standard InChI is InChI=1S/C29H25BNO2/c1-18-15-16-21-27-29(33-28(21)25(18)23-13-7-8-17-31(23)4)32-24-14-6-5-12-22(24)30(27)26-19(2)10-9-11-20(26)3/h5-17H,1-4H3/q+1. The van der Waals surface area contributed by atoms with E-state index in [4.69, 9.17) is 9.15 Å². The molecule has 0 amide bonds. The van der Waals surface area contributed by atoms with E-state index < -0.39 is 0 Å². The van der Waals surface area contributed by atoms with Crippen LogP contribution < -0.4 is 25.7 Å². The molecule has 0 aliphatic carbocycles. The molecule has 0 bridgehead atoms. The molecular weight excluding hydrogens is 405 g/mol. The van der Waals surface area contributed by atoms with Gasteiger partial charge in [-0.05, 0) is 43.9 Å². The molecule has 4 heteroatoms. The number of aromatic nitrogens is 1. The summed E-state index contributed by atoms with van der Waals surface area (Å²) in [5.74, 6) is 1.46. The Bertz CT molecular complexity index is 1530. The van der Waals surface area contributed by atoms with Crippen LogP contribution in [0.15, 0.2) is 83.4 Å². The van der Waals surface area contributed by atoms with Crippen molar-refractivity contribution >= 4 is 34.1 Å². The summed E-state index contributed by atoms with van der Waals surface area (Å²) in [6.07, 6.45) is 2.07. The Morgan fingerprint density at radius 1 is 0.727 bits per heavy atom. The van der Waals surface area contributed by atoms with Gasteiger partial charge >= 0.3 is 0 Å². The molecule has 5 aromatic rings. The minimum absolute atomic E-state index is 0.0486. The molecule has 0 radical (unpaired) electrons. The van der Waals surface area contributed by atoms with Gasteiger partial charge < -0.3 is 9.15 Å². The van der Waals surface area contributed by atoms with Crippen molar-refractivity contribution < 1.29 is 13.7 Å². The van der Waals surface area contributed by atoms with Crippen LogP contribution in [-0.4, -0.2) is 6.71 Å². The number of rotatable bonds is 2. The average Bonchev–Trinajstić information content (AvgIpc) is 3.17. The molecule has 33 heavy (non-hydrogen) atoms. The van der Waals surface area contributed by atoms with E-state index in [1.807, 2.05) is 18.2 Å². The monoisotopic (exact) mass is 430 g/mol. The molecule has 1 aliphatic rings. The minimum Gasteiger partial charge on any atom is -0.427 e. The first-order chi connectivity index (χ1) is 16.0. The number of ether oxygens (including phenoxy) is 1. The van der Waals surface area contributed by atoms with Gasteiger partial charge in [-0.15, -0.1) is 0 Å². The van der Waals surface area contributed by atoms with Gasteiger partial charge in [0.2, 0.25) is 5.69 Å². The molecule has 0 N–H and O–H groups in total. The van der Waals surface area contributed by atoms with E-state index in [0.717, 1.165) is 33.4 Å². The molecule has 6 rings (SSSR count). The number of nitrogens with zero attached hydrogens (tertiary/aromatic N) is 1. The van der Waals surface area contributed by atoms with E-state index in [1.54, 1.807) is 0 Å². The third kappa shape index (κ3) is 2.94. The smallest absolute Gasteiger partial charge is 0.285 e. The van der Waals surface area contributed by atoms with Gasteiger partial charge in [0.1, 0.15) is 12.8 Å². The zero-order chi connectivity index (χ0) is 22.7. The summed E-state index contributed by atoms with van der Waals surface area (Å²) in [6, 6.07) is 25.5. The highest BCUT2D eigenvalue weighted by Gasteiger charge is 2.39. The van der Waals surface area contributed by atoms with Gasteiger partial charge in [0.15, 0.2) is 11.8 Å². The fourth-order valence-electron chi connectivity index (χ4n) is 5.36. The first-order valence-electron chi connectivity index (χ1n) is 11.4. The summed E-state index contributed by atoms with van der Waals surface area (Å²) in [5.41, 5.74) is 10.5. The maximum Gasteiger partial charge on any atom is 0.285 e. The molecule has 0 unspecified atom stereocenters. The lowest BCUT2D eigenvalue weighted by Crippen LogP contribution is -2.56. The zero-order valence-electron chi connectivity index (χ0n) is 19.3. The fraction of sp³-hybridized carbons (Fsp3) is 0.138. The molecule has 0 fully saturated rings. The Balaban J connectivity index is 1.71. The number of hydrogen-bond donors (Lipinski definition) is 0. The Kier molecular flexibility index (Phi) is 4.44. The number of para-hydroxylation sites is 1. The Morgan fingerprint density at radius 3 is 2.27 bits per heavy atom. The molecule has 3 nitrogen and oxygen atoms in total. The van der Waals surface area contributed by atoms with Crippen LogP contribution in [0.3, 0.4) is 0 Å². The van der Waals surface area contributed by atoms with Crippen LogP contribution in [0.5, 0.6) is 11.7 Å². The van der Waals surface area contributed by atoms with Crippen molar-refractivity contribution in [3.63, 3.8) is 0 Å². The Hall–Kier alpha value is -3.79. The second-order valence-electron chi connectivity index (χ2n) is 9.01. The molecule has 0 spiro atoms. The maximum absolute atomic E-state index is 6.56. The molecule has 3 aromatic carbocycles. The van der Waals surface area contributed by atoms with Gasteiger partial charge in [0, 0.05) is 23.0 Å². The van der Waals surface area contributed by atoms with Crippen molar-refractivity contribution in [2.75, 3.05) is 0 Å². The molecule has 1 aliphatic heterocycles. The summed E-state index contributed by atoms with van der Waals surface area (Å²) < 4.78 is 15.1. The third-order valence-corrected chi connectivity index (χ3v) is 6.93. The second kappa shape index (κ2) is 7.38. The highest BCUT2D eigenvalue weighted by Crippen LogP contribution is 2.37. The van der Waals surface area contributed by atoms with Crippen LogP contribution >= 0.6 is 0 Å². The highest BCUT2D eigenvalue weighted by atomic mass is 16.6. The van der Waals surface area contributed by atoms with Gasteiger partial charge in [-0.3, -0.25) is 0 Å². The van der Waals surface area contributed by atoms with Crippen LogP contribution in [0.25, 0.3) is 22.2 Å². The molecule has 2 aromatic heterocycles. The predicted molar refractivity (Wildman–Crippen MR) is 135 cm³/mol. The van der Waals surface area contributed by atoms with Gasteiger partial charge in [0.25, 0.3) is 12.7 Å². The minimum atomic E-state index is 0.0486. The van der Waals surface area contributed by atoms with Crippen LogP contribution in [0.4, 0.5) is 0 Å². The molecule has 0 atom stereocenters. The van der Waals surface area contributed by atoms with Gasteiger partial charge in [0.05, 0.1) is 5.56 Å². The number of pyridine rings is 1. The lowest BCUT2D eigenvalue weighted by molar-refractivity contribution is -0.660. The van der Waals surface area contributed by atoms with E-state index in [1.165, 1.54) is 27.6 Å². The van der Waals surface area contributed by atoms with Crippen molar-refractivity contribution in [3.8, 4) is 23.0 Å². The zero-order valence-corrected chi connectivity index (χ0v) is 19.3. The van der Waals surface area contributed by atoms with Crippen molar-refractivity contribution in [1.82, 2.24) is 0 Å². The number of aryl methyl sites for hydroxylation is 4. The van der Waals surface area contributed by atoms with E-state index in [2.05, 4.69) is 93.2 Å². The molecule has 160 valence electrons. The predicted octanol–water partition coefficient (Wildman–Crippen LogP) is 4.47. The number of benzene rings is 3. The first kappa shape index (κ1) is 19.9. The van der Waals surface area contributed by atoms with Gasteiger partial charge in [-0.1, -0.05) is 65.1 Å². The Labute approximate surface area is 194 Å². The van der Waals surface area contributed by atoms with Crippen LogP contribution in [0, 0.1) is 20.8 Å². The van der Waals surface area contributed by atoms with E-state index in [0.29, 0.717) is 5.95 Å². The van der Waals surface area contributed by atoms with Crippen molar-refractivity contribution in [3.05, 3.63) is 95.7 Å². The molecule has 0 saturated carbocycles. The lowest BCUT2D eigenvalue weighted by atomic mass is 9.34. The molecular formula is C29H25BNO2+. The van der Waals surface area contributed by atoms with E-state index in [9.17, 15) is 0 Å². The largest absolute Gasteiger partial charge is 0.427 e. The van der Waals surface area contributed by atoms with E-state index in [-0.39, 0.29) is 6.71 Å². The summed E-state index contributed by atoms with van der Waals surface area (Å²) in [4.78, 5) is 0.